The van der Waals surface area contributed by atoms with Crippen molar-refractivity contribution in [2.45, 2.75) is 5.41 Å². The number of ether oxygens (including phenoxy) is 8. The normalized spacial score (nSPS) is 12.7. The highest BCUT2D eigenvalue weighted by atomic mass is 16.6. The van der Waals surface area contributed by atoms with Crippen LogP contribution in [0.25, 0.3) is 32.7 Å². The number of hydrogen-bond donors (Lipinski definition) is 4. The first-order valence-corrected chi connectivity index (χ1v) is 20.8. The Morgan fingerprint density at radius 1 is 0.311 bits per heavy atom. The molecule has 1 aliphatic rings. The molecule has 0 spiro atoms. The Hall–Kier alpha value is -5.28. The van der Waals surface area contributed by atoms with Gasteiger partial charge < -0.3 is 58.3 Å². The standard InChI is InChI=1S/C49H54O12/c50-19-23-54-27-31-58-45-17-15-37-39(47(45)60-33-29-56-25-21-52)9-5-13-43(37)49(41-11-3-1-7-35(41)36-8-2-4-12-42(36)49)44-14-6-10-40-38(44)16-18-46(59-32-28-55-24-20-51)48(40)61-34-30-57-26-22-53/h1-18,50-53H,19-34H2. The molecule has 0 bridgehead atoms. The summed E-state index contributed by atoms with van der Waals surface area (Å²) in [6, 6.07) is 37.8. The zero-order chi connectivity index (χ0) is 42.3. The van der Waals surface area contributed by atoms with Crippen molar-refractivity contribution in [3.8, 4) is 34.1 Å². The van der Waals surface area contributed by atoms with Crippen molar-refractivity contribution in [3.63, 3.8) is 0 Å². The molecule has 61 heavy (non-hydrogen) atoms. The molecule has 322 valence electrons. The van der Waals surface area contributed by atoms with Gasteiger partial charge in [-0.2, -0.15) is 0 Å². The third-order valence-corrected chi connectivity index (χ3v) is 10.6. The summed E-state index contributed by atoms with van der Waals surface area (Å²) in [5.41, 5.74) is 5.75. The molecule has 4 N–H and O–H groups in total. The quantitative estimate of drug-likeness (QED) is 0.0480. The molecule has 12 nitrogen and oxygen atoms in total. The van der Waals surface area contributed by atoms with E-state index in [2.05, 4.69) is 84.9 Å². The van der Waals surface area contributed by atoms with Crippen molar-refractivity contribution >= 4 is 21.5 Å². The number of aliphatic hydroxyl groups excluding tert-OH is 4. The van der Waals surface area contributed by atoms with Gasteiger partial charge in [0.15, 0.2) is 23.0 Å². The zero-order valence-corrected chi connectivity index (χ0v) is 34.3. The average Bonchev–Trinajstić information content (AvgIpc) is 3.59. The van der Waals surface area contributed by atoms with Gasteiger partial charge in [0, 0.05) is 10.8 Å². The number of aliphatic hydroxyl groups is 4. The van der Waals surface area contributed by atoms with Gasteiger partial charge in [0.05, 0.1) is 84.7 Å². The van der Waals surface area contributed by atoms with Gasteiger partial charge in [-0.3, -0.25) is 0 Å². The molecular formula is C49H54O12. The first-order valence-electron chi connectivity index (χ1n) is 20.8. The number of benzene rings is 6. The molecule has 0 aromatic heterocycles. The molecule has 6 aromatic carbocycles. The Morgan fingerprint density at radius 2 is 0.672 bits per heavy atom. The largest absolute Gasteiger partial charge is 0.487 e. The van der Waals surface area contributed by atoms with Gasteiger partial charge in [0.25, 0.3) is 0 Å². The summed E-state index contributed by atoms with van der Waals surface area (Å²) in [7, 11) is 0. The van der Waals surface area contributed by atoms with Crippen LogP contribution >= 0.6 is 0 Å². The van der Waals surface area contributed by atoms with E-state index in [9.17, 15) is 20.4 Å². The van der Waals surface area contributed by atoms with E-state index < -0.39 is 5.41 Å². The Balaban J connectivity index is 1.43. The topological polar surface area (TPSA) is 155 Å². The van der Waals surface area contributed by atoms with Gasteiger partial charge >= 0.3 is 0 Å². The van der Waals surface area contributed by atoms with Crippen LogP contribution < -0.4 is 18.9 Å². The third-order valence-electron chi connectivity index (χ3n) is 10.6. The molecular weight excluding hydrogens is 781 g/mol. The van der Waals surface area contributed by atoms with Gasteiger partial charge in [-0.1, -0.05) is 97.1 Å². The predicted octanol–water partition coefficient (Wildman–Crippen LogP) is 5.91. The van der Waals surface area contributed by atoms with Gasteiger partial charge in [-0.05, 0) is 56.3 Å². The first-order chi connectivity index (χ1) is 30.2. The van der Waals surface area contributed by atoms with E-state index in [-0.39, 0.29) is 92.5 Å². The molecule has 7 rings (SSSR count). The number of fused-ring (bicyclic) bond motifs is 5. The van der Waals surface area contributed by atoms with Crippen LogP contribution in [0.3, 0.4) is 0 Å². The smallest absolute Gasteiger partial charge is 0.169 e. The molecule has 0 fully saturated rings. The number of hydrogen-bond acceptors (Lipinski definition) is 12. The van der Waals surface area contributed by atoms with Crippen molar-refractivity contribution in [3.05, 3.63) is 131 Å². The van der Waals surface area contributed by atoms with Crippen LogP contribution in [0.1, 0.15) is 22.3 Å². The summed E-state index contributed by atoms with van der Waals surface area (Å²) >= 11 is 0. The van der Waals surface area contributed by atoms with Crippen LogP contribution in [0.4, 0.5) is 0 Å². The van der Waals surface area contributed by atoms with Crippen LogP contribution in [0, 0.1) is 0 Å². The fourth-order valence-electron chi connectivity index (χ4n) is 8.25. The van der Waals surface area contributed by atoms with Crippen LogP contribution in [-0.4, -0.2) is 126 Å². The lowest BCUT2D eigenvalue weighted by Crippen LogP contribution is -2.29. The summed E-state index contributed by atoms with van der Waals surface area (Å²) < 4.78 is 47.6. The molecule has 0 radical (unpaired) electrons. The van der Waals surface area contributed by atoms with Gasteiger partial charge in [-0.15, -0.1) is 0 Å². The molecule has 0 aliphatic heterocycles. The highest BCUT2D eigenvalue weighted by Gasteiger charge is 2.47. The van der Waals surface area contributed by atoms with Gasteiger partial charge in [-0.25, -0.2) is 0 Å². The fourth-order valence-corrected chi connectivity index (χ4v) is 8.25. The molecule has 0 saturated heterocycles. The summed E-state index contributed by atoms with van der Waals surface area (Å²) in [5.74, 6) is 2.21. The van der Waals surface area contributed by atoms with E-state index >= 15 is 0 Å². The predicted molar refractivity (Wildman–Crippen MR) is 232 cm³/mol. The maximum atomic E-state index is 9.29. The Labute approximate surface area is 355 Å². The highest BCUT2D eigenvalue weighted by Crippen LogP contribution is 2.59. The van der Waals surface area contributed by atoms with Crippen LogP contribution in [-0.2, 0) is 24.4 Å². The Bertz CT molecular complexity index is 2170. The molecule has 6 aromatic rings. The van der Waals surface area contributed by atoms with E-state index in [1.54, 1.807) is 0 Å². The fraction of sp³-hybridized carbons (Fsp3) is 0.347. The third kappa shape index (κ3) is 9.47. The van der Waals surface area contributed by atoms with Crippen LogP contribution in [0.15, 0.2) is 109 Å². The summed E-state index contributed by atoms with van der Waals surface area (Å²) in [6.45, 7) is 2.63. The Kier molecular flexibility index (Phi) is 15.8. The van der Waals surface area contributed by atoms with Gasteiger partial charge in [0.1, 0.15) is 26.4 Å². The second kappa shape index (κ2) is 22.0. The summed E-state index contributed by atoms with van der Waals surface area (Å²) in [6.07, 6.45) is 0. The van der Waals surface area contributed by atoms with Gasteiger partial charge in [0.2, 0.25) is 0 Å². The molecule has 0 amide bonds. The number of rotatable bonds is 26. The van der Waals surface area contributed by atoms with Crippen molar-refractivity contribution in [2.24, 2.45) is 0 Å². The van der Waals surface area contributed by atoms with E-state index in [1.165, 1.54) is 0 Å². The molecule has 0 unspecified atom stereocenters. The second-order valence-electron chi connectivity index (χ2n) is 14.2. The second-order valence-corrected chi connectivity index (χ2v) is 14.2. The molecule has 12 heteroatoms. The van der Waals surface area contributed by atoms with Crippen molar-refractivity contribution in [1.29, 1.82) is 0 Å². The lowest BCUT2D eigenvalue weighted by atomic mass is 9.65. The highest BCUT2D eigenvalue weighted by molar-refractivity contribution is 6.02. The Morgan fingerprint density at radius 3 is 1.07 bits per heavy atom. The van der Waals surface area contributed by atoms with E-state index in [0.717, 1.165) is 54.9 Å². The minimum Gasteiger partial charge on any atom is -0.487 e. The minimum atomic E-state index is -0.837. The summed E-state index contributed by atoms with van der Waals surface area (Å²) in [5, 5.41) is 40.6. The van der Waals surface area contributed by atoms with E-state index in [1.807, 2.05) is 24.3 Å². The van der Waals surface area contributed by atoms with Crippen molar-refractivity contribution in [2.75, 3.05) is 106 Å². The molecule has 1 aliphatic carbocycles. The van der Waals surface area contributed by atoms with Crippen molar-refractivity contribution in [1.82, 2.24) is 0 Å². The van der Waals surface area contributed by atoms with E-state index in [4.69, 9.17) is 37.9 Å². The zero-order valence-electron chi connectivity index (χ0n) is 34.3. The minimum absolute atomic E-state index is 0.0725. The van der Waals surface area contributed by atoms with Crippen LogP contribution in [0.5, 0.6) is 23.0 Å². The monoisotopic (exact) mass is 834 g/mol. The maximum Gasteiger partial charge on any atom is 0.169 e. The first kappa shape index (κ1) is 43.8. The average molecular weight is 835 g/mol. The SMILES string of the molecule is OCCOCCOc1ccc2c(C3(c4cccc5c(OCCOCCO)c(OCCOCCO)ccc45)c4ccccc4-c4ccccc43)cccc2c1OCCOCCO. The molecule has 0 heterocycles. The lowest BCUT2D eigenvalue weighted by molar-refractivity contribution is 0.0648. The van der Waals surface area contributed by atoms with Crippen molar-refractivity contribution < 1.29 is 58.3 Å². The van der Waals surface area contributed by atoms with Crippen LogP contribution in [0.2, 0.25) is 0 Å². The maximum absolute atomic E-state index is 9.29. The molecule has 0 atom stereocenters. The lowest BCUT2D eigenvalue weighted by Gasteiger charge is -2.36. The summed E-state index contributed by atoms with van der Waals surface area (Å²) in [4.78, 5) is 0. The molecule has 0 saturated carbocycles. The van der Waals surface area contributed by atoms with E-state index in [0.29, 0.717) is 36.2 Å².